The van der Waals surface area contributed by atoms with Gasteiger partial charge in [0.25, 0.3) is 11.5 Å². The van der Waals surface area contributed by atoms with Gasteiger partial charge in [0.2, 0.25) is 0 Å². The molecule has 1 aliphatic heterocycles. The van der Waals surface area contributed by atoms with E-state index in [4.69, 9.17) is 0 Å². The molecule has 0 saturated carbocycles. The molecule has 4 rings (SSSR count). The molecule has 1 aliphatic rings. The first-order valence-corrected chi connectivity index (χ1v) is 8.90. The fourth-order valence-corrected chi connectivity index (χ4v) is 3.17. The number of aromatic nitrogens is 2. The van der Waals surface area contributed by atoms with E-state index in [2.05, 4.69) is 10.4 Å². The number of rotatable bonds is 4. The molecule has 1 saturated heterocycles. The first-order valence-electron chi connectivity index (χ1n) is 8.90. The minimum atomic E-state index is -0.623. The van der Waals surface area contributed by atoms with E-state index < -0.39 is 17.8 Å². The average Bonchev–Trinajstić information content (AvgIpc) is 3.14. The Morgan fingerprint density at radius 2 is 1.79 bits per heavy atom. The molecular weight excluding hydrogens is 375 g/mol. The van der Waals surface area contributed by atoms with Crippen molar-refractivity contribution < 1.29 is 14.0 Å². The highest BCUT2D eigenvalue weighted by Gasteiger charge is 2.34. The van der Waals surface area contributed by atoms with Gasteiger partial charge >= 0.3 is 6.03 Å². The van der Waals surface area contributed by atoms with Crippen LogP contribution in [-0.4, -0.2) is 26.6 Å². The quantitative estimate of drug-likeness (QED) is 0.529. The van der Waals surface area contributed by atoms with Crippen LogP contribution in [0.15, 0.2) is 65.1 Å². The fraction of sp³-hybridized carbons (Fsp3) is 0.0952. The zero-order chi connectivity index (χ0) is 20.5. The molecule has 1 fully saturated rings. The molecule has 3 aromatic rings. The maximum Gasteiger partial charge on any atom is 0.329 e. The molecule has 0 spiro atoms. The molecule has 2 heterocycles. The number of imide groups is 1. The number of urea groups is 1. The van der Waals surface area contributed by atoms with Crippen LogP contribution in [0.25, 0.3) is 11.8 Å². The monoisotopic (exact) mass is 392 g/mol. The normalized spacial score (nSPS) is 15.2. The van der Waals surface area contributed by atoms with Gasteiger partial charge in [-0.05, 0) is 42.8 Å². The molecule has 2 aromatic carbocycles. The van der Waals surface area contributed by atoms with Crippen LogP contribution in [0, 0.1) is 12.7 Å². The summed E-state index contributed by atoms with van der Waals surface area (Å²) >= 11 is 0. The van der Waals surface area contributed by atoms with E-state index in [0.29, 0.717) is 16.9 Å². The van der Waals surface area contributed by atoms with Crippen LogP contribution in [0.3, 0.4) is 0 Å². The number of benzene rings is 2. The maximum atomic E-state index is 13.4. The lowest BCUT2D eigenvalue weighted by Crippen LogP contribution is -2.30. The standard InChI is InChI=1S/C21H17FN4O3/c1-13-17(19(27)26(24-13)16-8-3-2-4-9-16)11-18-20(28)25(21(29)23-18)12-14-6-5-7-15(22)10-14/h2-11,24H,12H2,1H3,(H,23,29). The van der Waals surface area contributed by atoms with Crippen molar-refractivity contribution in [1.82, 2.24) is 20.0 Å². The predicted octanol–water partition coefficient (Wildman–Crippen LogP) is 2.71. The topological polar surface area (TPSA) is 87.2 Å². The SMILES string of the molecule is Cc1[nH]n(-c2ccccc2)c(=O)c1C=C1NC(=O)N(Cc2cccc(F)c2)C1=O. The number of hydrogen-bond acceptors (Lipinski definition) is 3. The summed E-state index contributed by atoms with van der Waals surface area (Å²) in [4.78, 5) is 38.7. The van der Waals surface area contributed by atoms with E-state index in [-0.39, 0.29) is 23.4 Å². The number of carbonyl (C=O) groups is 2. The Kier molecular flexibility index (Phi) is 4.59. The van der Waals surface area contributed by atoms with Gasteiger partial charge in [0.15, 0.2) is 0 Å². The molecule has 0 bridgehead atoms. The van der Waals surface area contributed by atoms with Crippen molar-refractivity contribution in [3.63, 3.8) is 0 Å². The smallest absolute Gasteiger partial charge is 0.303 e. The summed E-state index contributed by atoms with van der Waals surface area (Å²) in [6.45, 7) is 1.64. The first-order chi connectivity index (χ1) is 13.9. The number of hydrogen-bond donors (Lipinski definition) is 2. The van der Waals surface area contributed by atoms with Gasteiger partial charge in [-0.1, -0.05) is 30.3 Å². The second-order valence-corrected chi connectivity index (χ2v) is 6.64. The number of carbonyl (C=O) groups excluding carboxylic acids is 2. The summed E-state index contributed by atoms with van der Waals surface area (Å²) < 4.78 is 14.7. The molecule has 1 aromatic heterocycles. The minimum absolute atomic E-state index is 0.00850. The third-order valence-electron chi connectivity index (χ3n) is 4.61. The second kappa shape index (κ2) is 7.23. The van der Waals surface area contributed by atoms with Crippen molar-refractivity contribution in [2.24, 2.45) is 0 Å². The van der Waals surface area contributed by atoms with E-state index in [1.807, 2.05) is 6.07 Å². The molecule has 0 aliphatic carbocycles. The third-order valence-corrected chi connectivity index (χ3v) is 4.61. The van der Waals surface area contributed by atoms with Gasteiger partial charge < -0.3 is 5.32 Å². The molecule has 0 radical (unpaired) electrons. The van der Waals surface area contributed by atoms with Gasteiger partial charge in [0.05, 0.1) is 17.8 Å². The van der Waals surface area contributed by atoms with Crippen LogP contribution in [-0.2, 0) is 11.3 Å². The Labute approximate surface area is 165 Å². The molecule has 146 valence electrons. The van der Waals surface area contributed by atoms with Gasteiger partial charge in [-0.2, -0.15) is 0 Å². The molecule has 2 N–H and O–H groups in total. The Morgan fingerprint density at radius 1 is 1.03 bits per heavy atom. The number of amides is 3. The third kappa shape index (κ3) is 3.47. The van der Waals surface area contributed by atoms with E-state index >= 15 is 0 Å². The molecule has 0 unspecified atom stereocenters. The van der Waals surface area contributed by atoms with Gasteiger partial charge in [-0.15, -0.1) is 0 Å². The maximum absolute atomic E-state index is 13.4. The molecule has 29 heavy (non-hydrogen) atoms. The van der Waals surface area contributed by atoms with Gasteiger partial charge in [0, 0.05) is 5.69 Å². The van der Waals surface area contributed by atoms with E-state index in [1.165, 1.54) is 29.0 Å². The Bertz CT molecular complexity index is 1190. The van der Waals surface area contributed by atoms with Crippen LogP contribution < -0.4 is 10.9 Å². The number of H-pyrrole nitrogens is 1. The lowest BCUT2D eigenvalue weighted by Gasteiger charge is -2.11. The summed E-state index contributed by atoms with van der Waals surface area (Å²) in [6.07, 6.45) is 1.36. The van der Waals surface area contributed by atoms with Crippen LogP contribution in [0.2, 0.25) is 0 Å². The highest BCUT2D eigenvalue weighted by molar-refractivity contribution is 6.13. The zero-order valence-corrected chi connectivity index (χ0v) is 15.5. The van der Waals surface area contributed by atoms with Crippen LogP contribution in [0.4, 0.5) is 9.18 Å². The summed E-state index contributed by atoms with van der Waals surface area (Å²) in [5, 5.41) is 5.45. The van der Waals surface area contributed by atoms with Gasteiger partial charge in [-0.3, -0.25) is 19.6 Å². The predicted molar refractivity (Wildman–Crippen MR) is 105 cm³/mol. The fourth-order valence-electron chi connectivity index (χ4n) is 3.17. The van der Waals surface area contributed by atoms with Gasteiger partial charge in [-0.25, -0.2) is 13.9 Å². The summed E-state index contributed by atoms with van der Waals surface area (Å²) in [7, 11) is 0. The average molecular weight is 392 g/mol. The van der Waals surface area contributed by atoms with Crippen molar-refractivity contribution in [1.29, 1.82) is 0 Å². The van der Waals surface area contributed by atoms with Crippen molar-refractivity contribution in [3.05, 3.63) is 93.3 Å². The number of aromatic amines is 1. The summed E-state index contributed by atoms with van der Waals surface area (Å²) in [6, 6.07) is 14.1. The lowest BCUT2D eigenvalue weighted by atomic mass is 10.2. The van der Waals surface area contributed by atoms with Gasteiger partial charge in [0.1, 0.15) is 11.5 Å². The van der Waals surface area contributed by atoms with E-state index in [1.54, 1.807) is 37.3 Å². The van der Waals surface area contributed by atoms with Crippen molar-refractivity contribution in [2.75, 3.05) is 0 Å². The number of nitrogens with zero attached hydrogens (tertiary/aromatic N) is 2. The Morgan fingerprint density at radius 3 is 2.52 bits per heavy atom. The Hall–Kier alpha value is -3.94. The van der Waals surface area contributed by atoms with Crippen LogP contribution in [0.1, 0.15) is 16.8 Å². The molecular formula is C21H17FN4O3. The van der Waals surface area contributed by atoms with Crippen LogP contribution >= 0.6 is 0 Å². The van der Waals surface area contributed by atoms with Crippen molar-refractivity contribution in [2.45, 2.75) is 13.5 Å². The minimum Gasteiger partial charge on any atom is -0.303 e. The highest BCUT2D eigenvalue weighted by atomic mass is 19.1. The first kappa shape index (κ1) is 18.4. The van der Waals surface area contributed by atoms with E-state index in [0.717, 1.165) is 4.90 Å². The number of para-hydroxylation sites is 1. The Balaban J connectivity index is 1.64. The number of aryl methyl sites for hydroxylation is 1. The van der Waals surface area contributed by atoms with Crippen molar-refractivity contribution >= 4 is 18.0 Å². The molecule has 8 heteroatoms. The molecule has 0 atom stereocenters. The largest absolute Gasteiger partial charge is 0.329 e. The van der Waals surface area contributed by atoms with Crippen LogP contribution in [0.5, 0.6) is 0 Å². The number of halogens is 1. The number of nitrogens with one attached hydrogen (secondary N) is 2. The van der Waals surface area contributed by atoms with Crippen molar-refractivity contribution in [3.8, 4) is 5.69 Å². The highest BCUT2D eigenvalue weighted by Crippen LogP contribution is 2.18. The second-order valence-electron chi connectivity index (χ2n) is 6.64. The summed E-state index contributed by atoms with van der Waals surface area (Å²) in [5.74, 6) is -1.03. The molecule has 3 amide bonds. The lowest BCUT2D eigenvalue weighted by molar-refractivity contribution is -0.123. The molecule has 7 nitrogen and oxygen atoms in total. The summed E-state index contributed by atoms with van der Waals surface area (Å²) in [5.41, 5.74) is 1.61. The van der Waals surface area contributed by atoms with E-state index in [9.17, 15) is 18.8 Å². The zero-order valence-electron chi connectivity index (χ0n) is 15.5.